The zero-order valence-electron chi connectivity index (χ0n) is 7.75. The number of rotatable bonds is 4. The third-order valence-corrected chi connectivity index (χ3v) is 1.59. The van der Waals surface area contributed by atoms with Gasteiger partial charge in [0.05, 0.1) is 11.8 Å². The molecular formula is C9H8BF3O2. The van der Waals surface area contributed by atoms with Crippen LogP contribution in [0, 0.1) is 0 Å². The maximum absolute atomic E-state index is 12.4. The van der Waals surface area contributed by atoms with E-state index < -0.39 is 11.7 Å². The van der Waals surface area contributed by atoms with Crippen molar-refractivity contribution in [3.05, 3.63) is 42.7 Å². The Hall–Kier alpha value is -1.59. The fourth-order valence-electron chi connectivity index (χ4n) is 0.972. The second-order valence-corrected chi connectivity index (χ2v) is 2.59. The van der Waals surface area contributed by atoms with Crippen LogP contribution in [0.25, 0.3) is 0 Å². The van der Waals surface area contributed by atoms with Gasteiger partial charge < -0.3 is 9.31 Å². The minimum Gasteiger partial charge on any atom is -0.535 e. The summed E-state index contributed by atoms with van der Waals surface area (Å²) in [6.45, 7) is 3.24. The van der Waals surface area contributed by atoms with Crippen LogP contribution >= 0.6 is 0 Å². The normalized spacial score (nSPS) is 10.6. The lowest BCUT2D eigenvalue weighted by molar-refractivity contribution is -0.138. The summed E-state index contributed by atoms with van der Waals surface area (Å²) in [6, 6.07) is 4.93. The monoisotopic (exact) mass is 216 g/mol. The summed E-state index contributed by atoms with van der Waals surface area (Å²) in [5.41, 5.74) is -0.822. The Morgan fingerprint density at radius 3 is 2.53 bits per heavy atom. The van der Waals surface area contributed by atoms with E-state index in [1.807, 2.05) is 0 Å². The molecule has 0 spiro atoms. The van der Waals surface area contributed by atoms with Crippen molar-refractivity contribution in [2.24, 2.45) is 0 Å². The van der Waals surface area contributed by atoms with E-state index in [1.54, 1.807) is 0 Å². The van der Waals surface area contributed by atoms with Crippen LogP contribution in [0.15, 0.2) is 37.1 Å². The molecule has 0 N–H and O–H groups in total. The standard InChI is InChI=1S/C9H8BF3O2/c1-2-14-10-15-8-6-4-3-5-7(8)9(11,12)13/h2-6,10H,1H2. The lowest BCUT2D eigenvalue weighted by Gasteiger charge is -2.12. The van der Waals surface area contributed by atoms with E-state index >= 15 is 0 Å². The Kier molecular flexibility index (Phi) is 3.65. The molecule has 15 heavy (non-hydrogen) atoms. The first-order valence-corrected chi connectivity index (χ1v) is 4.07. The summed E-state index contributed by atoms with van der Waals surface area (Å²) >= 11 is 0. The average Bonchev–Trinajstić information content (AvgIpc) is 2.17. The third-order valence-electron chi connectivity index (χ3n) is 1.59. The Labute approximate surface area is 85.6 Å². The molecule has 0 aliphatic heterocycles. The molecule has 0 aliphatic carbocycles. The van der Waals surface area contributed by atoms with Gasteiger partial charge in [-0.25, -0.2) is 0 Å². The molecule has 0 amide bonds. The minimum absolute atomic E-state index is 0.258. The van der Waals surface area contributed by atoms with Crippen LogP contribution in [-0.2, 0) is 10.8 Å². The molecular weight excluding hydrogens is 208 g/mol. The second kappa shape index (κ2) is 4.77. The summed E-state index contributed by atoms with van der Waals surface area (Å²) in [5.74, 6) is -0.258. The number of hydrogen-bond donors (Lipinski definition) is 0. The van der Waals surface area contributed by atoms with Crippen molar-refractivity contribution in [2.45, 2.75) is 6.18 Å². The van der Waals surface area contributed by atoms with Gasteiger partial charge in [0.1, 0.15) is 5.75 Å². The summed E-state index contributed by atoms with van der Waals surface area (Å²) in [7, 11) is -0.295. The van der Waals surface area contributed by atoms with Gasteiger partial charge in [-0.1, -0.05) is 18.7 Å². The van der Waals surface area contributed by atoms with E-state index in [-0.39, 0.29) is 13.4 Å². The quantitative estimate of drug-likeness (QED) is 0.437. The fourth-order valence-corrected chi connectivity index (χ4v) is 0.972. The van der Waals surface area contributed by atoms with Gasteiger partial charge in [-0.3, -0.25) is 0 Å². The zero-order chi connectivity index (χ0) is 11.3. The zero-order valence-corrected chi connectivity index (χ0v) is 7.75. The van der Waals surface area contributed by atoms with Crippen molar-refractivity contribution in [2.75, 3.05) is 0 Å². The molecule has 1 aromatic rings. The van der Waals surface area contributed by atoms with Crippen molar-refractivity contribution in [1.29, 1.82) is 0 Å². The molecule has 0 radical (unpaired) electrons. The Morgan fingerprint density at radius 1 is 1.27 bits per heavy atom. The molecule has 0 unspecified atom stereocenters. The maximum Gasteiger partial charge on any atom is 0.576 e. The number of benzene rings is 1. The van der Waals surface area contributed by atoms with Gasteiger partial charge in [-0.2, -0.15) is 13.2 Å². The van der Waals surface area contributed by atoms with Crippen molar-refractivity contribution in [3.8, 4) is 5.75 Å². The smallest absolute Gasteiger partial charge is 0.535 e. The molecule has 1 rings (SSSR count). The van der Waals surface area contributed by atoms with Gasteiger partial charge in [0, 0.05) is 0 Å². The molecule has 0 atom stereocenters. The Bertz CT molecular complexity index is 338. The number of hydrogen-bond acceptors (Lipinski definition) is 2. The number of alkyl halides is 3. The van der Waals surface area contributed by atoms with E-state index in [9.17, 15) is 13.2 Å². The second-order valence-electron chi connectivity index (χ2n) is 2.59. The average molecular weight is 216 g/mol. The molecule has 0 aromatic heterocycles. The summed E-state index contributed by atoms with van der Waals surface area (Å²) < 4.78 is 46.6. The minimum atomic E-state index is -4.43. The molecule has 2 nitrogen and oxygen atoms in total. The first-order valence-electron chi connectivity index (χ1n) is 4.07. The summed E-state index contributed by atoms with van der Waals surface area (Å²) in [6.07, 6.45) is -3.33. The summed E-state index contributed by atoms with van der Waals surface area (Å²) in [5, 5.41) is 0. The topological polar surface area (TPSA) is 18.5 Å². The molecule has 0 saturated heterocycles. The maximum atomic E-state index is 12.4. The van der Waals surface area contributed by atoms with Gasteiger partial charge in [0.25, 0.3) is 0 Å². The molecule has 6 heteroatoms. The largest absolute Gasteiger partial charge is 0.576 e. The van der Waals surface area contributed by atoms with Crippen LogP contribution in [0.1, 0.15) is 5.56 Å². The molecule has 1 aromatic carbocycles. The van der Waals surface area contributed by atoms with Crippen molar-refractivity contribution in [1.82, 2.24) is 0 Å². The molecule has 0 bridgehead atoms. The van der Waals surface area contributed by atoms with Gasteiger partial charge in [-0.05, 0) is 12.1 Å². The van der Waals surface area contributed by atoms with Crippen molar-refractivity contribution in [3.63, 3.8) is 0 Å². The van der Waals surface area contributed by atoms with E-state index in [1.165, 1.54) is 18.2 Å². The van der Waals surface area contributed by atoms with Gasteiger partial charge >= 0.3 is 13.9 Å². The van der Waals surface area contributed by atoms with Crippen LogP contribution in [0.5, 0.6) is 5.75 Å². The van der Waals surface area contributed by atoms with Crippen LogP contribution in [-0.4, -0.2) is 7.69 Å². The Morgan fingerprint density at radius 2 is 1.93 bits per heavy atom. The predicted molar refractivity (Wildman–Crippen MR) is 50.5 cm³/mol. The predicted octanol–water partition coefficient (Wildman–Crippen LogP) is 2.51. The van der Waals surface area contributed by atoms with Crippen molar-refractivity contribution >= 4 is 7.69 Å². The van der Waals surface area contributed by atoms with Gasteiger partial charge in [0.2, 0.25) is 0 Å². The molecule has 0 aliphatic rings. The van der Waals surface area contributed by atoms with Crippen LogP contribution in [0.3, 0.4) is 0 Å². The van der Waals surface area contributed by atoms with Gasteiger partial charge in [-0.15, -0.1) is 0 Å². The van der Waals surface area contributed by atoms with Crippen LogP contribution < -0.4 is 4.65 Å². The lowest BCUT2D eigenvalue weighted by Crippen LogP contribution is -2.11. The van der Waals surface area contributed by atoms with Crippen LogP contribution in [0.4, 0.5) is 13.2 Å². The number of para-hydroxylation sites is 1. The highest BCUT2D eigenvalue weighted by Gasteiger charge is 2.33. The van der Waals surface area contributed by atoms with E-state index in [0.717, 1.165) is 12.3 Å². The Balaban J connectivity index is 2.82. The molecule has 0 heterocycles. The number of halogens is 3. The van der Waals surface area contributed by atoms with Crippen LogP contribution in [0.2, 0.25) is 0 Å². The van der Waals surface area contributed by atoms with E-state index in [2.05, 4.69) is 11.2 Å². The van der Waals surface area contributed by atoms with Gasteiger partial charge in [0.15, 0.2) is 0 Å². The highest BCUT2D eigenvalue weighted by Crippen LogP contribution is 2.35. The lowest BCUT2D eigenvalue weighted by atomic mass is 10.2. The highest BCUT2D eigenvalue weighted by atomic mass is 19.4. The SMILES string of the molecule is C=COBOc1ccccc1C(F)(F)F. The molecule has 80 valence electrons. The molecule has 0 fully saturated rings. The van der Waals surface area contributed by atoms with E-state index in [4.69, 9.17) is 4.65 Å². The first kappa shape index (κ1) is 11.5. The molecule has 0 saturated carbocycles. The fraction of sp³-hybridized carbons (Fsp3) is 0.111. The highest BCUT2D eigenvalue weighted by molar-refractivity contribution is 6.19. The van der Waals surface area contributed by atoms with E-state index in [0.29, 0.717) is 0 Å². The van der Waals surface area contributed by atoms with Crippen molar-refractivity contribution < 1.29 is 22.5 Å². The first-order chi connectivity index (χ1) is 7.05. The summed E-state index contributed by atoms with van der Waals surface area (Å²) in [4.78, 5) is 0. The third kappa shape index (κ3) is 3.23.